The molecule has 0 atom stereocenters. The molecule has 1 aromatic heterocycles. The number of carbonyl (C=O) groups excluding carboxylic acids is 1. The van der Waals surface area contributed by atoms with Gasteiger partial charge in [-0.2, -0.15) is 0 Å². The van der Waals surface area contributed by atoms with Crippen molar-refractivity contribution >= 4 is 22.6 Å². The summed E-state index contributed by atoms with van der Waals surface area (Å²) in [6.45, 7) is 5.12. The van der Waals surface area contributed by atoms with Crippen LogP contribution in [0, 0.1) is 6.92 Å². The molecule has 0 unspecified atom stereocenters. The van der Waals surface area contributed by atoms with E-state index < -0.39 is 0 Å². The number of para-hydroxylation sites is 2. The van der Waals surface area contributed by atoms with Gasteiger partial charge < -0.3 is 24.7 Å². The zero-order valence-corrected chi connectivity index (χ0v) is 20.8. The Kier molecular flexibility index (Phi) is 7.90. The monoisotopic (exact) mass is 485 g/mol. The van der Waals surface area contributed by atoms with E-state index in [0.29, 0.717) is 36.6 Å². The highest BCUT2D eigenvalue weighted by atomic mass is 16.5. The number of hydrogen-bond donors (Lipinski definition) is 2. The number of fused-ring (bicyclic) bond motifs is 1. The Hall–Kier alpha value is -4.26. The summed E-state index contributed by atoms with van der Waals surface area (Å²) in [4.78, 5) is 30.9. The fourth-order valence-electron chi connectivity index (χ4n) is 4.15. The summed E-state index contributed by atoms with van der Waals surface area (Å²) in [5, 5.41) is 3.79. The molecule has 186 valence electrons. The molecule has 2 amide bonds. The Balaban J connectivity index is 1.63. The topological polar surface area (TPSA) is 83.7 Å². The normalized spacial score (nSPS) is 10.8. The third kappa shape index (κ3) is 5.86. The van der Waals surface area contributed by atoms with Gasteiger partial charge >= 0.3 is 6.03 Å². The Morgan fingerprint density at radius 3 is 2.56 bits per heavy atom. The van der Waals surface area contributed by atoms with Crippen LogP contribution >= 0.6 is 0 Å². The second-order valence-electron chi connectivity index (χ2n) is 8.53. The number of aromatic amines is 1. The summed E-state index contributed by atoms with van der Waals surface area (Å²) in [6, 6.07) is 22.4. The molecule has 0 saturated heterocycles. The number of benzene rings is 3. The van der Waals surface area contributed by atoms with Crippen molar-refractivity contribution in [2.75, 3.05) is 25.6 Å². The lowest BCUT2D eigenvalue weighted by Gasteiger charge is -2.24. The number of urea groups is 1. The molecular weight excluding hydrogens is 454 g/mol. The van der Waals surface area contributed by atoms with Crippen molar-refractivity contribution in [1.29, 1.82) is 0 Å². The Morgan fingerprint density at radius 1 is 1.00 bits per heavy atom. The number of anilines is 1. The van der Waals surface area contributed by atoms with Crippen LogP contribution in [-0.4, -0.2) is 36.2 Å². The van der Waals surface area contributed by atoms with Gasteiger partial charge in [-0.05, 0) is 67.8 Å². The van der Waals surface area contributed by atoms with E-state index in [1.165, 1.54) is 0 Å². The molecule has 4 aromatic rings. The van der Waals surface area contributed by atoms with Crippen LogP contribution in [0.25, 0.3) is 10.9 Å². The number of H-pyrrole nitrogens is 1. The Bertz CT molecular complexity index is 1410. The third-order valence-electron chi connectivity index (χ3n) is 6.11. The van der Waals surface area contributed by atoms with Crippen LogP contribution in [0.5, 0.6) is 11.5 Å². The number of pyridine rings is 1. The fourth-order valence-corrected chi connectivity index (χ4v) is 4.15. The van der Waals surface area contributed by atoms with Crippen molar-refractivity contribution < 1.29 is 14.3 Å². The molecule has 7 nitrogen and oxygen atoms in total. The summed E-state index contributed by atoms with van der Waals surface area (Å²) in [6.07, 6.45) is 0.659. The van der Waals surface area contributed by atoms with Gasteiger partial charge in [-0.3, -0.25) is 4.79 Å². The number of ether oxygens (including phenoxy) is 2. The summed E-state index contributed by atoms with van der Waals surface area (Å²) < 4.78 is 11.0. The lowest BCUT2D eigenvalue weighted by Crippen LogP contribution is -2.37. The van der Waals surface area contributed by atoms with Crippen LogP contribution in [0.4, 0.5) is 10.5 Å². The van der Waals surface area contributed by atoms with Crippen molar-refractivity contribution in [2.45, 2.75) is 26.8 Å². The van der Waals surface area contributed by atoms with Gasteiger partial charge in [-0.1, -0.05) is 36.4 Å². The number of nitrogens with zero attached hydrogens (tertiary/aromatic N) is 1. The Labute approximate surface area is 210 Å². The molecule has 3 aromatic carbocycles. The maximum absolute atomic E-state index is 13.4. The third-order valence-corrected chi connectivity index (χ3v) is 6.11. The largest absolute Gasteiger partial charge is 0.495 e. The summed E-state index contributed by atoms with van der Waals surface area (Å²) >= 11 is 0. The molecule has 36 heavy (non-hydrogen) atoms. The van der Waals surface area contributed by atoms with Gasteiger partial charge in [0.15, 0.2) is 0 Å². The van der Waals surface area contributed by atoms with Crippen LogP contribution in [0.3, 0.4) is 0 Å². The number of nitrogens with one attached hydrogen (secondary N) is 2. The predicted octanol–water partition coefficient (Wildman–Crippen LogP) is 5.52. The molecule has 0 aliphatic heterocycles. The van der Waals surface area contributed by atoms with E-state index in [2.05, 4.69) is 29.4 Å². The van der Waals surface area contributed by atoms with Gasteiger partial charge in [-0.25, -0.2) is 4.79 Å². The lowest BCUT2D eigenvalue weighted by atomic mass is 10.1. The molecule has 1 heterocycles. The van der Waals surface area contributed by atoms with Crippen LogP contribution in [-0.2, 0) is 13.0 Å². The molecule has 0 fully saturated rings. The molecule has 2 N–H and O–H groups in total. The fraction of sp³-hybridized carbons (Fsp3) is 0.241. The van der Waals surface area contributed by atoms with Crippen molar-refractivity contribution in [2.24, 2.45) is 0 Å². The number of rotatable bonds is 9. The van der Waals surface area contributed by atoms with E-state index in [0.717, 1.165) is 27.8 Å². The first-order valence-corrected chi connectivity index (χ1v) is 12.0. The van der Waals surface area contributed by atoms with Crippen LogP contribution in [0.15, 0.2) is 77.6 Å². The molecule has 4 rings (SSSR count). The smallest absolute Gasteiger partial charge is 0.322 e. The minimum atomic E-state index is -0.310. The van der Waals surface area contributed by atoms with Crippen molar-refractivity contribution in [3.63, 3.8) is 0 Å². The molecule has 0 bridgehead atoms. The SMILES string of the molecule is CCOc1ccc2[nH]c(=O)c(CN(CCc3ccccc3C)C(=O)Nc3ccccc3OC)cc2c1. The second kappa shape index (κ2) is 11.4. The Morgan fingerprint density at radius 2 is 1.78 bits per heavy atom. The average Bonchev–Trinajstić information content (AvgIpc) is 2.88. The minimum Gasteiger partial charge on any atom is -0.495 e. The molecule has 0 aliphatic rings. The van der Waals surface area contributed by atoms with E-state index in [9.17, 15) is 9.59 Å². The number of hydrogen-bond acceptors (Lipinski definition) is 4. The highest BCUT2D eigenvalue weighted by Gasteiger charge is 2.18. The van der Waals surface area contributed by atoms with Crippen molar-refractivity contribution in [3.8, 4) is 11.5 Å². The standard InChI is InChI=1S/C29H31N3O4/c1-4-36-24-13-14-25-22(18-24)17-23(28(33)30-25)19-32(16-15-21-10-6-5-9-20(21)2)29(34)31-26-11-7-8-12-27(26)35-3/h5-14,17-18H,4,15-16,19H2,1-3H3,(H,30,33)(H,31,34). The number of aromatic nitrogens is 1. The quantitative estimate of drug-likeness (QED) is 0.327. The summed E-state index contributed by atoms with van der Waals surface area (Å²) in [5.74, 6) is 1.30. The zero-order valence-electron chi connectivity index (χ0n) is 20.8. The van der Waals surface area contributed by atoms with E-state index in [1.54, 1.807) is 24.1 Å². The first-order chi connectivity index (χ1) is 17.5. The molecule has 0 spiro atoms. The summed E-state index contributed by atoms with van der Waals surface area (Å²) in [7, 11) is 1.56. The summed E-state index contributed by atoms with van der Waals surface area (Å²) in [5.41, 5.74) is 3.88. The molecular formula is C29H31N3O4. The highest BCUT2D eigenvalue weighted by molar-refractivity contribution is 5.91. The van der Waals surface area contributed by atoms with Gasteiger partial charge in [0.1, 0.15) is 11.5 Å². The van der Waals surface area contributed by atoms with Gasteiger partial charge in [0.25, 0.3) is 5.56 Å². The van der Waals surface area contributed by atoms with Crippen LogP contribution < -0.4 is 20.3 Å². The lowest BCUT2D eigenvalue weighted by molar-refractivity contribution is 0.209. The van der Waals surface area contributed by atoms with Crippen molar-refractivity contribution in [1.82, 2.24) is 9.88 Å². The average molecular weight is 486 g/mol. The molecule has 0 radical (unpaired) electrons. The van der Waals surface area contributed by atoms with Crippen molar-refractivity contribution in [3.05, 3.63) is 99.8 Å². The molecule has 0 aliphatic carbocycles. The zero-order chi connectivity index (χ0) is 25.5. The first-order valence-electron chi connectivity index (χ1n) is 12.0. The minimum absolute atomic E-state index is 0.150. The van der Waals surface area contributed by atoms with Crippen LogP contribution in [0.1, 0.15) is 23.6 Å². The number of carbonyl (C=O) groups is 1. The highest BCUT2D eigenvalue weighted by Crippen LogP contribution is 2.24. The van der Waals surface area contributed by atoms with E-state index in [1.807, 2.05) is 55.5 Å². The molecule has 0 saturated carbocycles. The second-order valence-corrected chi connectivity index (χ2v) is 8.53. The van der Waals surface area contributed by atoms with E-state index in [4.69, 9.17) is 9.47 Å². The number of amides is 2. The van der Waals surface area contributed by atoms with Gasteiger partial charge in [0.05, 0.1) is 25.9 Å². The predicted molar refractivity (Wildman–Crippen MR) is 143 cm³/mol. The number of aryl methyl sites for hydroxylation is 1. The van der Waals surface area contributed by atoms with Gasteiger partial charge in [0, 0.05) is 23.0 Å². The van der Waals surface area contributed by atoms with Gasteiger partial charge in [0.2, 0.25) is 0 Å². The number of methoxy groups -OCH3 is 1. The van der Waals surface area contributed by atoms with E-state index in [-0.39, 0.29) is 18.1 Å². The molecule has 7 heteroatoms. The van der Waals surface area contributed by atoms with Crippen LogP contribution in [0.2, 0.25) is 0 Å². The van der Waals surface area contributed by atoms with Gasteiger partial charge in [-0.15, -0.1) is 0 Å². The maximum Gasteiger partial charge on any atom is 0.322 e. The first kappa shape index (κ1) is 24.9. The maximum atomic E-state index is 13.4. The van der Waals surface area contributed by atoms with E-state index >= 15 is 0 Å².